The number of hydrogen-bond acceptors (Lipinski definition) is 4. The summed E-state index contributed by atoms with van der Waals surface area (Å²) in [5, 5.41) is 12.1. The molecule has 2 rings (SSSR count). The van der Waals surface area contributed by atoms with Crippen LogP contribution >= 0.6 is 15.9 Å². The maximum absolute atomic E-state index is 8.87. The highest BCUT2D eigenvalue weighted by atomic mass is 79.9. The molecule has 1 aromatic heterocycles. The van der Waals surface area contributed by atoms with Crippen molar-refractivity contribution in [2.24, 2.45) is 0 Å². The average Bonchev–Trinajstić information content (AvgIpc) is 2.42. The molecule has 0 spiro atoms. The van der Waals surface area contributed by atoms with Crippen molar-refractivity contribution in [2.75, 3.05) is 12.4 Å². The zero-order chi connectivity index (χ0) is 13.8. The zero-order valence-electron chi connectivity index (χ0n) is 10.6. The van der Waals surface area contributed by atoms with Crippen LogP contribution in [0.4, 0.5) is 11.5 Å². The van der Waals surface area contributed by atoms with Gasteiger partial charge >= 0.3 is 0 Å². The third-order valence-corrected chi connectivity index (χ3v) is 3.06. The van der Waals surface area contributed by atoms with Crippen LogP contribution in [0.5, 0.6) is 5.75 Å². The molecule has 0 amide bonds. The molecule has 19 heavy (non-hydrogen) atoms. The van der Waals surface area contributed by atoms with E-state index >= 15 is 0 Å². The molecule has 0 unspecified atom stereocenters. The SMILES string of the molecule is COc1cc(C#N)ccc1Nc1ncc(Br)cc1C. The first-order valence-corrected chi connectivity index (χ1v) is 6.40. The van der Waals surface area contributed by atoms with Crippen LogP contribution in [0.3, 0.4) is 0 Å². The minimum absolute atomic E-state index is 0.558. The monoisotopic (exact) mass is 317 g/mol. The van der Waals surface area contributed by atoms with E-state index < -0.39 is 0 Å². The summed E-state index contributed by atoms with van der Waals surface area (Å²) in [5.41, 5.74) is 2.35. The fraction of sp³-hybridized carbons (Fsp3) is 0.143. The van der Waals surface area contributed by atoms with E-state index in [1.165, 1.54) is 0 Å². The third-order valence-electron chi connectivity index (χ3n) is 2.63. The molecule has 1 N–H and O–H groups in total. The number of pyridine rings is 1. The zero-order valence-corrected chi connectivity index (χ0v) is 12.2. The highest BCUT2D eigenvalue weighted by molar-refractivity contribution is 9.10. The molecular weight excluding hydrogens is 306 g/mol. The number of halogens is 1. The molecule has 5 heteroatoms. The number of rotatable bonds is 3. The topological polar surface area (TPSA) is 57.9 Å². The lowest BCUT2D eigenvalue weighted by Crippen LogP contribution is -1.99. The second kappa shape index (κ2) is 5.72. The molecule has 0 aliphatic heterocycles. The van der Waals surface area contributed by atoms with Gasteiger partial charge in [0.05, 0.1) is 24.4 Å². The number of aromatic nitrogens is 1. The Labute approximate surface area is 120 Å². The van der Waals surface area contributed by atoms with E-state index in [4.69, 9.17) is 10.00 Å². The first kappa shape index (κ1) is 13.4. The molecule has 4 nitrogen and oxygen atoms in total. The quantitative estimate of drug-likeness (QED) is 0.936. The molecule has 1 aromatic carbocycles. The standard InChI is InChI=1S/C14H12BrN3O/c1-9-5-11(15)8-17-14(9)18-12-4-3-10(7-16)6-13(12)19-2/h3-6,8H,1-2H3,(H,17,18). The highest BCUT2D eigenvalue weighted by Crippen LogP contribution is 2.29. The Balaban J connectivity index is 2.35. The highest BCUT2D eigenvalue weighted by Gasteiger charge is 2.07. The van der Waals surface area contributed by atoms with Crippen molar-refractivity contribution in [3.63, 3.8) is 0 Å². The molecule has 0 saturated carbocycles. The summed E-state index contributed by atoms with van der Waals surface area (Å²) >= 11 is 3.38. The van der Waals surface area contributed by atoms with Gasteiger partial charge in [0, 0.05) is 16.7 Å². The van der Waals surface area contributed by atoms with E-state index in [1.807, 2.05) is 13.0 Å². The number of anilines is 2. The van der Waals surface area contributed by atoms with Crippen LogP contribution in [0, 0.1) is 18.3 Å². The van der Waals surface area contributed by atoms with Crippen molar-refractivity contribution in [3.8, 4) is 11.8 Å². The number of benzene rings is 1. The van der Waals surface area contributed by atoms with Crippen LogP contribution in [0.25, 0.3) is 0 Å². The van der Waals surface area contributed by atoms with Gasteiger partial charge < -0.3 is 10.1 Å². The number of hydrogen-bond donors (Lipinski definition) is 1. The van der Waals surface area contributed by atoms with Crippen LogP contribution in [0.15, 0.2) is 34.9 Å². The lowest BCUT2D eigenvalue weighted by Gasteiger charge is -2.12. The van der Waals surface area contributed by atoms with E-state index in [2.05, 4.69) is 32.3 Å². The molecule has 0 aliphatic rings. The van der Waals surface area contributed by atoms with Crippen LogP contribution in [0.1, 0.15) is 11.1 Å². The molecule has 0 radical (unpaired) electrons. The molecule has 0 aliphatic carbocycles. The minimum atomic E-state index is 0.558. The van der Waals surface area contributed by atoms with Crippen molar-refractivity contribution in [1.29, 1.82) is 5.26 Å². The van der Waals surface area contributed by atoms with Gasteiger partial charge in [-0.1, -0.05) is 0 Å². The Morgan fingerprint density at radius 2 is 2.16 bits per heavy atom. The van der Waals surface area contributed by atoms with Gasteiger partial charge in [0.2, 0.25) is 0 Å². The van der Waals surface area contributed by atoms with E-state index in [9.17, 15) is 0 Å². The maximum atomic E-state index is 8.87. The second-order valence-corrected chi connectivity index (χ2v) is 4.89. The lowest BCUT2D eigenvalue weighted by atomic mass is 10.2. The van der Waals surface area contributed by atoms with Crippen LogP contribution in [0.2, 0.25) is 0 Å². The van der Waals surface area contributed by atoms with E-state index in [-0.39, 0.29) is 0 Å². The summed E-state index contributed by atoms with van der Waals surface area (Å²) in [6.45, 7) is 1.97. The Bertz CT molecular complexity index is 650. The first-order chi connectivity index (χ1) is 9.13. The number of ether oxygens (including phenoxy) is 1. The summed E-state index contributed by atoms with van der Waals surface area (Å²) in [6.07, 6.45) is 1.73. The Morgan fingerprint density at radius 3 is 2.79 bits per heavy atom. The van der Waals surface area contributed by atoms with Crippen LogP contribution in [-0.4, -0.2) is 12.1 Å². The van der Waals surface area contributed by atoms with Crippen molar-refractivity contribution in [3.05, 3.63) is 46.1 Å². The predicted octanol–water partition coefficient (Wildman–Crippen LogP) is 3.78. The summed E-state index contributed by atoms with van der Waals surface area (Å²) in [6, 6.07) is 9.29. The number of methoxy groups -OCH3 is 1. The molecule has 0 saturated heterocycles. The smallest absolute Gasteiger partial charge is 0.143 e. The summed E-state index contributed by atoms with van der Waals surface area (Å²) in [4.78, 5) is 4.31. The largest absolute Gasteiger partial charge is 0.495 e. The van der Waals surface area contributed by atoms with Gasteiger partial charge in [0.1, 0.15) is 11.6 Å². The summed E-state index contributed by atoms with van der Waals surface area (Å²) in [5.74, 6) is 1.37. The Morgan fingerprint density at radius 1 is 1.37 bits per heavy atom. The normalized spacial score (nSPS) is 9.79. The fourth-order valence-electron chi connectivity index (χ4n) is 1.66. The van der Waals surface area contributed by atoms with Gasteiger partial charge in [-0.15, -0.1) is 0 Å². The Hall–Kier alpha value is -2.06. The number of nitrogens with one attached hydrogen (secondary N) is 1. The number of aryl methyl sites for hydroxylation is 1. The summed E-state index contributed by atoms with van der Waals surface area (Å²) in [7, 11) is 1.57. The van der Waals surface area contributed by atoms with Crippen LogP contribution in [-0.2, 0) is 0 Å². The van der Waals surface area contributed by atoms with Crippen molar-refractivity contribution in [2.45, 2.75) is 6.92 Å². The van der Waals surface area contributed by atoms with Gasteiger partial charge in [-0.2, -0.15) is 5.26 Å². The van der Waals surface area contributed by atoms with Gasteiger partial charge in [-0.3, -0.25) is 0 Å². The van der Waals surface area contributed by atoms with Gasteiger partial charge in [-0.25, -0.2) is 4.98 Å². The number of nitrogens with zero attached hydrogens (tertiary/aromatic N) is 2. The van der Waals surface area contributed by atoms with Crippen LogP contribution < -0.4 is 10.1 Å². The van der Waals surface area contributed by atoms with Gasteiger partial charge in [-0.05, 0) is 46.6 Å². The maximum Gasteiger partial charge on any atom is 0.143 e. The third kappa shape index (κ3) is 3.04. The Kier molecular flexibility index (Phi) is 4.03. The molecule has 96 valence electrons. The first-order valence-electron chi connectivity index (χ1n) is 5.61. The van der Waals surface area contributed by atoms with E-state index in [1.54, 1.807) is 31.5 Å². The molecule has 0 atom stereocenters. The molecule has 0 bridgehead atoms. The van der Waals surface area contributed by atoms with Crippen molar-refractivity contribution >= 4 is 27.4 Å². The fourth-order valence-corrected chi connectivity index (χ4v) is 2.11. The van der Waals surface area contributed by atoms with Crippen molar-refractivity contribution < 1.29 is 4.74 Å². The number of nitriles is 1. The summed E-state index contributed by atoms with van der Waals surface area (Å²) < 4.78 is 6.21. The van der Waals surface area contributed by atoms with Gasteiger partial charge in [0.15, 0.2) is 0 Å². The lowest BCUT2D eigenvalue weighted by molar-refractivity contribution is 0.416. The van der Waals surface area contributed by atoms with Gasteiger partial charge in [0.25, 0.3) is 0 Å². The average molecular weight is 318 g/mol. The molecule has 1 heterocycles. The van der Waals surface area contributed by atoms with E-state index in [0.717, 1.165) is 21.5 Å². The van der Waals surface area contributed by atoms with E-state index in [0.29, 0.717) is 11.3 Å². The second-order valence-electron chi connectivity index (χ2n) is 3.97. The molecule has 0 fully saturated rings. The molecular formula is C14H12BrN3O. The predicted molar refractivity (Wildman–Crippen MR) is 77.7 cm³/mol. The minimum Gasteiger partial charge on any atom is -0.495 e. The van der Waals surface area contributed by atoms with Crippen molar-refractivity contribution in [1.82, 2.24) is 4.98 Å². The molecule has 2 aromatic rings.